The van der Waals surface area contributed by atoms with E-state index in [0.29, 0.717) is 19.6 Å². The van der Waals surface area contributed by atoms with Crippen molar-refractivity contribution in [2.24, 2.45) is 5.73 Å². The van der Waals surface area contributed by atoms with Crippen molar-refractivity contribution < 1.29 is 14.3 Å². The van der Waals surface area contributed by atoms with Crippen LogP contribution in [0.2, 0.25) is 0 Å². The standard InChI is InChI=1S/C15H23NO3/c1-5-18-15(17)13(16)8-9-19-14-11(3)7-6-10(2)12(14)4/h6-7,13H,5,8-9,16H2,1-4H3. The number of benzene rings is 1. The first kappa shape index (κ1) is 15.5. The summed E-state index contributed by atoms with van der Waals surface area (Å²) in [7, 11) is 0. The highest BCUT2D eigenvalue weighted by molar-refractivity contribution is 5.75. The fourth-order valence-electron chi connectivity index (χ4n) is 1.80. The second kappa shape index (κ2) is 7.14. The van der Waals surface area contributed by atoms with Crippen molar-refractivity contribution in [3.63, 3.8) is 0 Å². The third-order valence-electron chi connectivity index (χ3n) is 3.14. The zero-order valence-electron chi connectivity index (χ0n) is 12.2. The number of hydrogen-bond donors (Lipinski definition) is 1. The Labute approximate surface area is 114 Å². The number of rotatable bonds is 6. The van der Waals surface area contributed by atoms with Crippen LogP contribution in [-0.4, -0.2) is 25.2 Å². The van der Waals surface area contributed by atoms with Gasteiger partial charge in [-0.15, -0.1) is 0 Å². The van der Waals surface area contributed by atoms with Gasteiger partial charge in [0.15, 0.2) is 0 Å². The van der Waals surface area contributed by atoms with E-state index in [1.807, 2.05) is 26.8 Å². The molecule has 0 aromatic heterocycles. The van der Waals surface area contributed by atoms with Crippen molar-refractivity contribution in [3.05, 3.63) is 28.8 Å². The van der Waals surface area contributed by atoms with E-state index >= 15 is 0 Å². The van der Waals surface area contributed by atoms with E-state index in [4.69, 9.17) is 15.2 Å². The maximum atomic E-state index is 11.4. The number of carbonyl (C=O) groups excluding carboxylic acids is 1. The number of esters is 1. The summed E-state index contributed by atoms with van der Waals surface area (Å²) in [5, 5.41) is 0. The highest BCUT2D eigenvalue weighted by Gasteiger charge is 2.15. The summed E-state index contributed by atoms with van der Waals surface area (Å²) >= 11 is 0. The van der Waals surface area contributed by atoms with E-state index in [-0.39, 0.29) is 5.97 Å². The van der Waals surface area contributed by atoms with Crippen molar-refractivity contribution in [2.75, 3.05) is 13.2 Å². The lowest BCUT2D eigenvalue weighted by molar-refractivity contribution is -0.145. The Kier molecular flexibility index (Phi) is 5.83. The third kappa shape index (κ3) is 4.24. The molecule has 0 aliphatic rings. The van der Waals surface area contributed by atoms with E-state index in [1.165, 1.54) is 5.56 Å². The predicted octanol–water partition coefficient (Wildman–Crippen LogP) is 2.27. The van der Waals surface area contributed by atoms with Crippen LogP contribution in [-0.2, 0) is 9.53 Å². The van der Waals surface area contributed by atoms with Crippen molar-refractivity contribution >= 4 is 5.97 Å². The lowest BCUT2D eigenvalue weighted by Gasteiger charge is -2.15. The Hall–Kier alpha value is -1.55. The summed E-state index contributed by atoms with van der Waals surface area (Å²) < 4.78 is 10.6. The van der Waals surface area contributed by atoms with Gasteiger partial charge in [0.1, 0.15) is 11.8 Å². The quantitative estimate of drug-likeness (QED) is 0.801. The predicted molar refractivity (Wildman–Crippen MR) is 75.4 cm³/mol. The topological polar surface area (TPSA) is 61.5 Å². The molecule has 4 heteroatoms. The molecule has 0 saturated carbocycles. The number of carbonyl (C=O) groups is 1. The number of aryl methyl sites for hydroxylation is 2. The Morgan fingerprint density at radius 2 is 1.89 bits per heavy atom. The van der Waals surface area contributed by atoms with Gasteiger partial charge in [0.25, 0.3) is 0 Å². The molecule has 0 bridgehead atoms. The minimum atomic E-state index is -0.620. The molecule has 2 N–H and O–H groups in total. The van der Waals surface area contributed by atoms with Gasteiger partial charge in [0.2, 0.25) is 0 Å². The molecule has 1 rings (SSSR count). The molecule has 0 fully saturated rings. The van der Waals surface area contributed by atoms with Crippen LogP contribution in [0.4, 0.5) is 0 Å². The highest BCUT2D eigenvalue weighted by Crippen LogP contribution is 2.25. The lowest BCUT2D eigenvalue weighted by Crippen LogP contribution is -2.33. The molecule has 0 aliphatic heterocycles. The van der Waals surface area contributed by atoms with Crippen LogP contribution < -0.4 is 10.5 Å². The van der Waals surface area contributed by atoms with Crippen molar-refractivity contribution in [1.29, 1.82) is 0 Å². The second-order valence-corrected chi connectivity index (χ2v) is 4.65. The van der Waals surface area contributed by atoms with Crippen LogP contribution in [0.25, 0.3) is 0 Å². The SMILES string of the molecule is CCOC(=O)C(N)CCOc1c(C)ccc(C)c1C. The first-order valence-corrected chi connectivity index (χ1v) is 6.59. The first-order chi connectivity index (χ1) is 8.97. The maximum Gasteiger partial charge on any atom is 0.323 e. The van der Waals surface area contributed by atoms with E-state index < -0.39 is 6.04 Å². The van der Waals surface area contributed by atoms with Gasteiger partial charge < -0.3 is 15.2 Å². The molecule has 1 atom stereocenters. The molecule has 0 radical (unpaired) electrons. The Morgan fingerprint density at radius 3 is 2.53 bits per heavy atom. The smallest absolute Gasteiger partial charge is 0.323 e. The highest BCUT2D eigenvalue weighted by atomic mass is 16.5. The molecule has 19 heavy (non-hydrogen) atoms. The number of nitrogens with two attached hydrogens (primary N) is 1. The molecule has 0 spiro atoms. The molecule has 0 aliphatic carbocycles. The summed E-state index contributed by atoms with van der Waals surface area (Å²) in [4.78, 5) is 11.4. The Morgan fingerprint density at radius 1 is 1.26 bits per heavy atom. The van der Waals surface area contributed by atoms with Gasteiger partial charge in [-0.1, -0.05) is 12.1 Å². The fourth-order valence-corrected chi connectivity index (χ4v) is 1.80. The minimum Gasteiger partial charge on any atom is -0.493 e. The zero-order chi connectivity index (χ0) is 14.4. The molecule has 1 unspecified atom stereocenters. The molecule has 0 amide bonds. The average Bonchev–Trinajstić information content (AvgIpc) is 2.38. The third-order valence-corrected chi connectivity index (χ3v) is 3.14. The zero-order valence-corrected chi connectivity index (χ0v) is 12.2. The summed E-state index contributed by atoms with van der Waals surface area (Å²) in [5.41, 5.74) is 9.13. The molecule has 106 valence electrons. The van der Waals surface area contributed by atoms with Crippen LogP contribution in [0.1, 0.15) is 30.0 Å². The Bertz CT molecular complexity index is 443. The first-order valence-electron chi connectivity index (χ1n) is 6.59. The van der Waals surface area contributed by atoms with Crippen LogP contribution in [0, 0.1) is 20.8 Å². The van der Waals surface area contributed by atoms with Gasteiger partial charge in [-0.3, -0.25) is 4.79 Å². The number of ether oxygens (including phenoxy) is 2. The van der Waals surface area contributed by atoms with E-state index in [2.05, 4.69) is 6.07 Å². The van der Waals surface area contributed by atoms with Crippen LogP contribution >= 0.6 is 0 Å². The van der Waals surface area contributed by atoms with Crippen LogP contribution in [0.3, 0.4) is 0 Å². The molecule has 4 nitrogen and oxygen atoms in total. The minimum absolute atomic E-state index is 0.351. The fraction of sp³-hybridized carbons (Fsp3) is 0.533. The molecule has 0 heterocycles. The summed E-state index contributed by atoms with van der Waals surface area (Å²) in [6.45, 7) is 8.61. The van der Waals surface area contributed by atoms with Gasteiger partial charge in [-0.25, -0.2) is 0 Å². The van der Waals surface area contributed by atoms with Crippen LogP contribution in [0.15, 0.2) is 12.1 Å². The monoisotopic (exact) mass is 265 g/mol. The van der Waals surface area contributed by atoms with Gasteiger partial charge >= 0.3 is 5.97 Å². The number of hydrogen-bond acceptors (Lipinski definition) is 4. The molecular weight excluding hydrogens is 242 g/mol. The van der Waals surface area contributed by atoms with Crippen molar-refractivity contribution in [3.8, 4) is 5.75 Å². The molecular formula is C15H23NO3. The summed E-state index contributed by atoms with van der Waals surface area (Å²) in [6.07, 6.45) is 0.450. The van der Waals surface area contributed by atoms with Gasteiger partial charge in [-0.2, -0.15) is 0 Å². The summed E-state index contributed by atoms with van der Waals surface area (Å²) in [6, 6.07) is 3.48. The molecule has 0 saturated heterocycles. The molecule has 1 aromatic rings. The van der Waals surface area contributed by atoms with Gasteiger partial charge in [0, 0.05) is 6.42 Å². The second-order valence-electron chi connectivity index (χ2n) is 4.65. The van der Waals surface area contributed by atoms with Crippen molar-refractivity contribution in [2.45, 2.75) is 40.2 Å². The Balaban J connectivity index is 2.54. The van der Waals surface area contributed by atoms with Crippen molar-refractivity contribution in [1.82, 2.24) is 0 Å². The van der Waals surface area contributed by atoms with E-state index in [9.17, 15) is 4.79 Å². The van der Waals surface area contributed by atoms with Gasteiger partial charge in [0.05, 0.1) is 13.2 Å². The lowest BCUT2D eigenvalue weighted by atomic mass is 10.1. The van der Waals surface area contributed by atoms with Crippen LogP contribution in [0.5, 0.6) is 5.75 Å². The molecule has 1 aromatic carbocycles. The maximum absolute atomic E-state index is 11.4. The van der Waals surface area contributed by atoms with E-state index in [1.54, 1.807) is 6.92 Å². The van der Waals surface area contributed by atoms with E-state index in [0.717, 1.165) is 16.9 Å². The summed E-state index contributed by atoms with van der Waals surface area (Å²) in [5.74, 6) is 0.514. The largest absolute Gasteiger partial charge is 0.493 e. The van der Waals surface area contributed by atoms with Gasteiger partial charge in [-0.05, 0) is 44.4 Å². The normalized spacial score (nSPS) is 12.1. The average molecular weight is 265 g/mol.